The van der Waals surface area contributed by atoms with Gasteiger partial charge in [0.15, 0.2) is 5.13 Å². The Morgan fingerprint density at radius 2 is 2.10 bits per heavy atom. The van der Waals surface area contributed by atoms with E-state index in [0.29, 0.717) is 10.8 Å². The number of benzene rings is 2. The molecule has 1 atom stereocenters. The smallest absolute Gasteiger partial charge is 0.414 e. The molecule has 3 aromatic rings. The van der Waals surface area contributed by atoms with Gasteiger partial charge in [0.2, 0.25) is 5.91 Å². The molecule has 2 aromatic carbocycles. The van der Waals surface area contributed by atoms with Crippen molar-refractivity contribution in [3.63, 3.8) is 0 Å². The standard InChI is InChI=1S/C21H19FN4O3S/c1-13(27)23-10-16-11-26(21(28)29-16)15-7-8-18(17(22)9-15)24-20-25-19(12-30-20)14-5-3-2-4-6-14/h2-9,12,16H,10-11H2,1H3,(H,23,27)(H,24,25)/t16-/m0/s1. The summed E-state index contributed by atoms with van der Waals surface area (Å²) in [6.07, 6.45) is -1.05. The summed E-state index contributed by atoms with van der Waals surface area (Å²) >= 11 is 1.38. The highest BCUT2D eigenvalue weighted by molar-refractivity contribution is 7.14. The van der Waals surface area contributed by atoms with Gasteiger partial charge in [-0.3, -0.25) is 9.69 Å². The molecule has 0 unspecified atom stereocenters. The van der Waals surface area contributed by atoms with E-state index in [2.05, 4.69) is 15.6 Å². The number of anilines is 3. The number of nitrogens with zero attached hydrogens (tertiary/aromatic N) is 2. The summed E-state index contributed by atoms with van der Waals surface area (Å²) in [5.74, 6) is -0.717. The Labute approximate surface area is 176 Å². The van der Waals surface area contributed by atoms with Crippen LogP contribution in [0.15, 0.2) is 53.9 Å². The highest BCUT2D eigenvalue weighted by Gasteiger charge is 2.32. The van der Waals surface area contributed by atoms with Gasteiger partial charge in [0.05, 0.1) is 30.2 Å². The van der Waals surface area contributed by atoms with Crippen LogP contribution in [0, 0.1) is 5.82 Å². The van der Waals surface area contributed by atoms with E-state index in [1.165, 1.54) is 29.2 Å². The van der Waals surface area contributed by atoms with E-state index < -0.39 is 18.0 Å². The van der Waals surface area contributed by atoms with Gasteiger partial charge in [0.1, 0.15) is 11.9 Å². The lowest BCUT2D eigenvalue weighted by atomic mass is 10.2. The largest absolute Gasteiger partial charge is 0.442 e. The summed E-state index contributed by atoms with van der Waals surface area (Å²) in [7, 11) is 0. The van der Waals surface area contributed by atoms with Crippen LogP contribution in [-0.4, -0.2) is 36.2 Å². The van der Waals surface area contributed by atoms with Crippen LogP contribution in [0.5, 0.6) is 0 Å². The van der Waals surface area contributed by atoms with Gasteiger partial charge in [-0.15, -0.1) is 11.3 Å². The lowest BCUT2D eigenvalue weighted by Crippen LogP contribution is -2.33. The number of carbonyl (C=O) groups is 2. The number of cyclic esters (lactones) is 1. The number of aromatic nitrogens is 1. The number of amides is 2. The minimum Gasteiger partial charge on any atom is -0.442 e. The zero-order valence-corrected chi connectivity index (χ0v) is 16.9. The number of hydrogen-bond acceptors (Lipinski definition) is 6. The zero-order valence-electron chi connectivity index (χ0n) is 16.1. The predicted octanol–water partition coefficient (Wildman–Crippen LogP) is 4.15. The Hall–Kier alpha value is -3.46. The minimum atomic E-state index is -0.571. The molecular formula is C21H19FN4O3S. The molecule has 154 valence electrons. The van der Waals surface area contributed by atoms with Crippen molar-refractivity contribution in [3.05, 3.63) is 59.7 Å². The van der Waals surface area contributed by atoms with Crippen LogP contribution in [0.25, 0.3) is 11.3 Å². The van der Waals surface area contributed by atoms with Gasteiger partial charge in [-0.25, -0.2) is 14.2 Å². The second-order valence-corrected chi connectivity index (χ2v) is 7.60. The van der Waals surface area contributed by atoms with Gasteiger partial charge in [-0.2, -0.15) is 0 Å². The summed E-state index contributed by atoms with van der Waals surface area (Å²) in [5, 5.41) is 8.06. The first-order valence-electron chi connectivity index (χ1n) is 9.29. The molecule has 2 N–H and O–H groups in total. The van der Waals surface area contributed by atoms with Crippen molar-refractivity contribution >= 4 is 39.8 Å². The van der Waals surface area contributed by atoms with E-state index in [-0.39, 0.29) is 24.7 Å². The third-order valence-corrected chi connectivity index (χ3v) is 5.29. The molecule has 1 saturated heterocycles. The lowest BCUT2D eigenvalue weighted by Gasteiger charge is -2.14. The van der Waals surface area contributed by atoms with E-state index >= 15 is 0 Å². The Morgan fingerprint density at radius 1 is 1.30 bits per heavy atom. The fourth-order valence-electron chi connectivity index (χ4n) is 3.06. The second-order valence-electron chi connectivity index (χ2n) is 6.75. The van der Waals surface area contributed by atoms with Crippen molar-refractivity contribution in [1.82, 2.24) is 10.3 Å². The molecule has 4 rings (SSSR count). The second kappa shape index (κ2) is 8.50. The van der Waals surface area contributed by atoms with Crippen LogP contribution in [-0.2, 0) is 9.53 Å². The average Bonchev–Trinajstić information content (AvgIpc) is 3.35. The van der Waals surface area contributed by atoms with Gasteiger partial charge < -0.3 is 15.4 Å². The first-order chi connectivity index (χ1) is 14.5. The van der Waals surface area contributed by atoms with E-state index in [1.807, 2.05) is 35.7 Å². The maximum absolute atomic E-state index is 14.7. The molecule has 2 amide bonds. The summed E-state index contributed by atoms with van der Waals surface area (Å²) in [6, 6.07) is 14.2. The molecule has 0 bridgehead atoms. The number of halogens is 1. The van der Waals surface area contributed by atoms with E-state index in [4.69, 9.17) is 4.74 Å². The molecule has 0 saturated carbocycles. The van der Waals surface area contributed by atoms with Crippen molar-refractivity contribution in [1.29, 1.82) is 0 Å². The normalized spacial score (nSPS) is 15.7. The number of thiazole rings is 1. The third kappa shape index (κ3) is 4.41. The monoisotopic (exact) mass is 426 g/mol. The van der Waals surface area contributed by atoms with Crippen LogP contribution in [0.4, 0.5) is 25.7 Å². The number of rotatable bonds is 6. The molecular weight excluding hydrogens is 407 g/mol. The molecule has 1 fully saturated rings. The summed E-state index contributed by atoms with van der Waals surface area (Å²) in [5.41, 5.74) is 2.44. The van der Waals surface area contributed by atoms with E-state index in [0.717, 1.165) is 11.3 Å². The topological polar surface area (TPSA) is 83.6 Å². The third-order valence-electron chi connectivity index (χ3n) is 4.53. The van der Waals surface area contributed by atoms with Gasteiger partial charge in [0, 0.05) is 17.9 Å². The molecule has 1 aliphatic rings. The van der Waals surface area contributed by atoms with Crippen molar-refractivity contribution in [3.8, 4) is 11.3 Å². The van der Waals surface area contributed by atoms with Gasteiger partial charge in [0.25, 0.3) is 0 Å². The van der Waals surface area contributed by atoms with Crippen LogP contribution < -0.4 is 15.5 Å². The van der Waals surface area contributed by atoms with Crippen molar-refractivity contribution in [2.24, 2.45) is 0 Å². The van der Waals surface area contributed by atoms with Crippen LogP contribution in [0.2, 0.25) is 0 Å². The Kier molecular flexibility index (Phi) is 5.62. The molecule has 0 radical (unpaired) electrons. The molecule has 1 aliphatic heterocycles. The molecule has 0 spiro atoms. The molecule has 9 heteroatoms. The fraction of sp³-hybridized carbons (Fsp3) is 0.190. The summed E-state index contributed by atoms with van der Waals surface area (Å²) in [6.45, 7) is 1.84. The van der Waals surface area contributed by atoms with Crippen LogP contribution >= 0.6 is 11.3 Å². The van der Waals surface area contributed by atoms with Crippen molar-refractivity contribution in [2.75, 3.05) is 23.3 Å². The molecule has 30 heavy (non-hydrogen) atoms. The molecule has 7 nitrogen and oxygen atoms in total. The van der Waals surface area contributed by atoms with Crippen LogP contribution in [0.3, 0.4) is 0 Å². The number of nitrogens with one attached hydrogen (secondary N) is 2. The number of carbonyl (C=O) groups excluding carboxylic acids is 2. The Morgan fingerprint density at radius 3 is 2.83 bits per heavy atom. The van der Waals surface area contributed by atoms with Gasteiger partial charge >= 0.3 is 6.09 Å². The Bertz CT molecular complexity index is 1070. The Balaban J connectivity index is 1.44. The fourth-order valence-corrected chi connectivity index (χ4v) is 3.79. The van der Waals surface area contributed by atoms with Gasteiger partial charge in [-0.05, 0) is 18.2 Å². The van der Waals surface area contributed by atoms with Gasteiger partial charge in [-0.1, -0.05) is 30.3 Å². The number of ether oxygens (including phenoxy) is 1. The first-order valence-corrected chi connectivity index (χ1v) is 10.2. The molecule has 1 aromatic heterocycles. The predicted molar refractivity (Wildman–Crippen MR) is 114 cm³/mol. The lowest BCUT2D eigenvalue weighted by molar-refractivity contribution is -0.119. The molecule has 2 heterocycles. The number of hydrogen-bond donors (Lipinski definition) is 2. The maximum Gasteiger partial charge on any atom is 0.414 e. The summed E-state index contributed by atoms with van der Waals surface area (Å²) in [4.78, 5) is 29.0. The average molecular weight is 426 g/mol. The maximum atomic E-state index is 14.7. The van der Waals surface area contributed by atoms with E-state index in [9.17, 15) is 14.0 Å². The van der Waals surface area contributed by atoms with Crippen LogP contribution in [0.1, 0.15) is 6.92 Å². The molecule has 0 aliphatic carbocycles. The first kappa shape index (κ1) is 19.8. The highest BCUT2D eigenvalue weighted by Crippen LogP contribution is 2.30. The van der Waals surface area contributed by atoms with Crippen molar-refractivity contribution < 1.29 is 18.7 Å². The zero-order chi connectivity index (χ0) is 21.1. The van der Waals surface area contributed by atoms with E-state index in [1.54, 1.807) is 12.1 Å². The van der Waals surface area contributed by atoms with Crippen molar-refractivity contribution in [2.45, 2.75) is 13.0 Å². The highest BCUT2D eigenvalue weighted by atomic mass is 32.1. The minimum absolute atomic E-state index is 0.205. The quantitative estimate of drug-likeness (QED) is 0.619. The SMILES string of the molecule is CC(=O)NC[C@H]1CN(c2ccc(Nc3nc(-c4ccccc4)cs3)c(F)c2)C(=O)O1. The summed E-state index contributed by atoms with van der Waals surface area (Å²) < 4.78 is 19.9.